The molecule has 174 valence electrons. The van der Waals surface area contributed by atoms with E-state index in [0.29, 0.717) is 37.0 Å². The van der Waals surface area contributed by atoms with Crippen molar-refractivity contribution in [1.82, 2.24) is 0 Å². The van der Waals surface area contributed by atoms with Gasteiger partial charge in [-0.15, -0.1) is 0 Å². The molecule has 6 heteroatoms. The van der Waals surface area contributed by atoms with Crippen molar-refractivity contribution in [2.75, 3.05) is 17.7 Å². The number of methoxy groups -OCH3 is 1. The number of hydrogen-bond acceptors (Lipinski definition) is 4. The summed E-state index contributed by atoms with van der Waals surface area (Å²) in [5.74, 6) is 1.71. The van der Waals surface area contributed by atoms with E-state index in [0.717, 1.165) is 27.0 Å². The number of hydrogen-bond donors (Lipinski definition) is 2. The maximum absolute atomic E-state index is 12.1. The van der Waals surface area contributed by atoms with Crippen molar-refractivity contribution < 1.29 is 14.3 Å². The SMILES string of the molecule is COc1cc(CNc2cccc(NC(=O)CC(C)C)c2)c(Br)cc1OCc1ccc(C)cc1. The van der Waals surface area contributed by atoms with Crippen LogP contribution in [0.25, 0.3) is 0 Å². The standard InChI is InChI=1S/C27H31BrN2O3/c1-18(2)12-27(31)30-23-7-5-6-22(14-23)29-16-21-13-25(32-4)26(15-24(21)28)33-17-20-10-8-19(3)9-11-20/h5-11,13-15,18,29H,12,16-17H2,1-4H3,(H,30,31). The molecule has 0 aliphatic heterocycles. The first-order valence-electron chi connectivity index (χ1n) is 11.0. The van der Waals surface area contributed by atoms with Gasteiger partial charge in [-0.3, -0.25) is 4.79 Å². The number of carbonyl (C=O) groups excluding carboxylic acids is 1. The summed E-state index contributed by atoms with van der Waals surface area (Å²) in [5, 5.41) is 6.37. The average Bonchev–Trinajstić information content (AvgIpc) is 2.77. The summed E-state index contributed by atoms with van der Waals surface area (Å²) >= 11 is 3.66. The van der Waals surface area contributed by atoms with Crippen molar-refractivity contribution in [3.8, 4) is 11.5 Å². The number of rotatable bonds is 10. The Morgan fingerprint density at radius 1 is 1.00 bits per heavy atom. The zero-order valence-corrected chi connectivity index (χ0v) is 21.2. The second kappa shape index (κ2) is 11.8. The van der Waals surface area contributed by atoms with Gasteiger partial charge in [0.05, 0.1) is 7.11 Å². The van der Waals surface area contributed by atoms with Crippen molar-refractivity contribution in [3.05, 3.63) is 81.8 Å². The van der Waals surface area contributed by atoms with E-state index in [1.807, 2.05) is 50.2 Å². The Bertz CT molecular complexity index is 1080. The molecule has 1 amide bonds. The summed E-state index contributed by atoms with van der Waals surface area (Å²) < 4.78 is 12.5. The first-order valence-corrected chi connectivity index (χ1v) is 11.8. The molecule has 0 aliphatic rings. The maximum atomic E-state index is 12.1. The molecule has 0 aliphatic carbocycles. The number of benzene rings is 3. The number of anilines is 2. The Labute approximate surface area is 204 Å². The normalized spacial score (nSPS) is 10.7. The number of carbonyl (C=O) groups is 1. The molecule has 0 radical (unpaired) electrons. The molecule has 5 nitrogen and oxygen atoms in total. The van der Waals surface area contributed by atoms with E-state index in [1.54, 1.807) is 7.11 Å². The van der Waals surface area contributed by atoms with Gasteiger partial charge < -0.3 is 20.1 Å². The fourth-order valence-corrected chi connectivity index (χ4v) is 3.78. The highest BCUT2D eigenvalue weighted by Crippen LogP contribution is 2.34. The van der Waals surface area contributed by atoms with E-state index in [2.05, 4.69) is 57.8 Å². The van der Waals surface area contributed by atoms with Crippen LogP contribution in [0.15, 0.2) is 65.1 Å². The Balaban J connectivity index is 1.64. The molecule has 0 unspecified atom stereocenters. The van der Waals surface area contributed by atoms with E-state index in [-0.39, 0.29) is 5.91 Å². The molecule has 0 fully saturated rings. The predicted octanol–water partition coefficient (Wildman–Crippen LogP) is 6.94. The Hall–Kier alpha value is -2.99. The van der Waals surface area contributed by atoms with Crippen molar-refractivity contribution in [3.63, 3.8) is 0 Å². The highest BCUT2D eigenvalue weighted by Gasteiger charge is 2.11. The van der Waals surface area contributed by atoms with Crippen LogP contribution in [0.1, 0.15) is 37.0 Å². The van der Waals surface area contributed by atoms with Gasteiger partial charge in [0.2, 0.25) is 5.91 Å². The lowest BCUT2D eigenvalue weighted by Crippen LogP contribution is -2.13. The molecule has 0 atom stereocenters. The van der Waals surface area contributed by atoms with E-state index >= 15 is 0 Å². The summed E-state index contributed by atoms with van der Waals surface area (Å²) in [6.45, 7) is 7.18. The number of aryl methyl sites for hydroxylation is 1. The van der Waals surface area contributed by atoms with Crippen LogP contribution in [0, 0.1) is 12.8 Å². The Morgan fingerprint density at radius 3 is 2.42 bits per heavy atom. The van der Waals surface area contributed by atoms with Crippen LogP contribution in [0.5, 0.6) is 11.5 Å². The van der Waals surface area contributed by atoms with E-state index in [4.69, 9.17) is 9.47 Å². The summed E-state index contributed by atoms with van der Waals surface area (Å²) in [7, 11) is 1.64. The molecule has 0 heterocycles. The van der Waals surface area contributed by atoms with Crippen LogP contribution in [0.2, 0.25) is 0 Å². The average molecular weight is 511 g/mol. The molecule has 0 spiro atoms. The largest absolute Gasteiger partial charge is 0.493 e. The van der Waals surface area contributed by atoms with Crippen molar-refractivity contribution in [2.45, 2.75) is 40.3 Å². The lowest BCUT2D eigenvalue weighted by Gasteiger charge is -2.15. The number of halogens is 1. The summed E-state index contributed by atoms with van der Waals surface area (Å²) in [4.78, 5) is 12.1. The van der Waals surface area contributed by atoms with Gasteiger partial charge in [-0.25, -0.2) is 0 Å². The summed E-state index contributed by atoms with van der Waals surface area (Å²) in [6, 6.07) is 19.9. The van der Waals surface area contributed by atoms with Gasteiger partial charge >= 0.3 is 0 Å². The fourth-order valence-electron chi connectivity index (χ4n) is 3.32. The third-order valence-electron chi connectivity index (χ3n) is 5.07. The predicted molar refractivity (Wildman–Crippen MR) is 138 cm³/mol. The summed E-state index contributed by atoms with van der Waals surface area (Å²) in [6.07, 6.45) is 0.503. The Kier molecular flexibility index (Phi) is 8.78. The second-order valence-corrected chi connectivity index (χ2v) is 9.30. The lowest BCUT2D eigenvalue weighted by atomic mass is 10.1. The fraction of sp³-hybridized carbons (Fsp3) is 0.296. The molecule has 3 rings (SSSR count). The zero-order valence-electron chi connectivity index (χ0n) is 19.6. The van der Waals surface area contributed by atoms with Gasteiger partial charge in [-0.2, -0.15) is 0 Å². The van der Waals surface area contributed by atoms with Crippen molar-refractivity contribution >= 4 is 33.2 Å². The van der Waals surface area contributed by atoms with Crippen LogP contribution in [0.3, 0.4) is 0 Å². The third kappa shape index (κ3) is 7.53. The lowest BCUT2D eigenvalue weighted by molar-refractivity contribution is -0.116. The molecule has 3 aromatic carbocycles. The van der Waals surface area contributed by atoms with Crippen molar-refractivity contribution in [1.29, 1.82) is 0 Å². The molecule has 0 saturated carbocycles. The minimum absolute atomic E-state index is 0.0239. The van der Waals surface area contributed by atoms with Crippen LogP contribution < -0.4 is 20.1 Å². The van der Waals surface area contributed by atoms with Gasteiger partial charge in [0.1, 0.15) is 6.61 Å². The van der Waals surface area contributed by atoms with Crippen LogP contribution in [-0.2, 0) is 17.9 Å². The molecule has 0 bridgehead atoms. The van der Waals surface area contributed by atoms with Gasteiger partial charge in [0.15, 0.2) is 11.5 Å². The van der Waals surface area contributed by atoms with E-state index in [1.165, 1.54) is 5.56 Å². The Morgan fingerprint density at radius 2 is 1.73 bits per heavy atom. The molecule has 2 N–H and O–H groups in total. The summed E-state index contributed by atoms with van der Waals surface area (Å²) in [5.41, 5.74) is 5.05. The highest BCUT2D eigenvalue weighted by molar-refractivity contribution is 9.10. The number of nitrogens with one attached hydrogen (secondary N) is 2. The maximum Gasteiger partial charge on any atom is 0.224 e. The highest BCUT2D eigenvalue weighted by atomic mass is 79.9. The second-order valence-electron chi connectivity index (χ2n) is 8.45. The zero-order chi connectivity index (χ0) is 23.8. The van der Waals surface area contributed by atoms with Gasteiger partial charge in [0, 0.05) is 28.8 Å². The molecule has 0 saturated heterocycles. The minimum Gasteiger partial charge on any atom is -0.493 e. The first kappa shape index (κ1) is 24.6. The minimum atomic E-state index is 0.0239. The number of ether oxygens (including phenoxy) is 2. The molecular formula is C27H31BrN2O3. The molecular weight excluding hydrogens is 480 g/mol. The monoisotopic (exact) mass is 510 g/mol. The molecule has 3 aromatic rings. The van der Waals surface area contributed by atoms with Gasteiger partial charge in [-0.05, 0) is 54.3 Å². The number of amides is 1. The molecule has 0 aromatic heterocycles. The molecule has 33 heavy (non-hydrogen) atoms. The third-order valence-corrected chi connectivity index (χ3v) is 5.81. The van der Waals surface area contributed by atoms with Gasteiger partial charge in [0.25, 0.3) is 0 Å². The quantitative estimate of drug-likeness (QED) is 0.310. The topological polar surface area (TPSA) is 59.6 Å². The van der Waals surface area contributed by atoms with Crippen LogP contribution in [0.4, 0.5) is 11.4 Å². The van der Waals surface area contributed by atoms with E-state index < -0.39 is 0 Å². The van der Waals surface area contributed by atoms with Crippen LogP contribution >= 0.6 is 15.9 Å². The van der Waals surface area contributed by atoms with Gasteiger partial charge in [-0.1, -0.05) is 65.7 Å². The first-order chi connectivity index (χ1) is 15.8. The smallest absolute Gasteiger partial charge is 0.224 e. The van der Waals surface area contributed by atoms with E-state index in [9.17, 15) is 4.79 Å². The van der Waals surface area contributed by atoms with Crippen LogP contribution in [-0.4, -0.2) is 13.0 Å². The van der Waals surface area contributed by atoms with Crippen molar-refractivity contribution in [2.24, 2.45) is 5.92 Å².